The average molecular weight is 491 g/mol. The first-order valence-corrected chi connectivity index (χ1v) is 11.5. The van der Waals surface area contributed by atoms with E-state index in [2.05, 4.69) is 25.2 Å². The minimum Gasteiger partial charge on any atom is -0.368 e. The summed E-state index contributed by atoms with van der Waals surface area (Å²) in [6.07, 6.45) is -0.287. The second kappa shape index (κ2) is 9.58. The van der Waals surface area contributed by atoms with Gasteiger partial charge in [0.15, 0.2) is 5.01 Å². The van der Waals surface area contributed by atoms with Gasteiger partial charge < -0.3 is 10.1 Å². The van der Waals surface area contributed by atoms with Gasteiger partial charge in [-0.15, -0.1) is 23.4 Å². The van der Waals surface area contributed by atoms with E-state index in [0.29, 0.717) is 11.6 Å². The molecule has 1 amide bonds. The van der Waals surface area contributed by atoms with Crippen LogP contribution >= 0.6 is 22.9 Å². The number of amides is 1. The third kappa shape index (κ3) is 5.75. The number of ether oxygens (including phenoxy) is 2. The third-order valence-electron chi connectivity index (χ3n) is 5.86. The SMILES string of the molecule is O=C(COC1CC(OC(F)(F)F)C1)NCCC1(c2nnc(-c3ccc(Cl)cn3)s2)CCC1. The number of hydrogen-bond donors (Lipinski definition) is 1. The van der Waals surface area contributed by atoms with Crippen LogP contribution in [-0.2, 0) is 19.7 Å². The van der Waals surface area contributed by atoms with Crippen LogP contribution < -0.4 is 5.32 Å². The molecular weight excluding hydrogens is 469 g/mol. The van der Waals surface area contributed by atoms with E-state index in [9.17, 15) is 18.0 Å². The van der Waals surface area contributed by atoms with E-state index in [1.165, 1.54) is 11.3 Å². The lowest BCUT2D eigenvalue weighted by molar-refractivity contribution is -0.357. The number of nitrogens with one attached hydrogen (secondary N) is 1. The molecular formula is C20H22ClF3N4O3S. The number of carbonyl (C=O) groups is 1. The second-order valence-corrected chi connectivity index (χ2v) is 9.51. The summed E-state index contributed by atoms with van der Waals surface area (Å²) in [5, 5.41) is 13.7. The summed E-state index contributed by atoms with van der Waals surface area (Å²) in [4.78, 5) is 16.3. The molecule has 7 nitrogen and oxygen atoms in total. The van der Waals surface area contributed by atoms with Crippen LogP contribution in [0.25, 0.3) is 10.7 Å². The molecule has 2 saturated carbocycles. The maximum Gasteiger partial charge on any atom is 0.522 e. The van der Waals surface area contributed by atoms with Gasteiger partial charge in [0.05, 0.1) is 17.2 Å². The number of halogens is 4. The Kier molecular flexibility index (Phi) is 6.99. The van der Waals surface area contributed by atoms with Crippen molar-refractivity contribution >= 4 is 28.8 Å². The molecule has 2 aliphatic carbocycles. The summed E-state index contributed by atoms with van der Waals surface area (Å²) >= 11 is 7.39. The fourth-order valence-electron chi connectivity index (χ4n) is 3.84. The van der Waals surface area contributed by atoms with Gasteiger partial charge in [0.2, 0.25) is 5.91 Å². The van der Waals surface area contributed by atoms with Gasteiger partial charge in [-0.1, -0.05) is 29.4 Å². The van der Waals surface area contributed by atoms with Crippen molar-refractivity contribution in [1.82, 2.24) is 20.5 Å². The van der Waals surface area contributed by atoms with Crippen LogP contribution in [0.3, 0.4) is 0 Å². The van der Waals surface area contributed by atoms with Crippen LogP contribution in [0.1, 0.15) is 43.5 Å². The van der Waals surface area contributed by atoms with Gasteiger partial charge in [0, 0.05) is 31.0 Å². The van der Waals surface area contributed by atoms with E-state index < -0.39 is 12.5 Å². The molecule has 0 aliphatic heterocycles. The molecule has 12 heteroatoms. The van der Waals surface area contributed by atoms with E-state index in [-0.39, 0.29) is 36.9 Å². The Morgan fingerprint density at radius 1 is 1.25 bits per heavy atom. The van der Waals surface area contributed by atoms with Crippen molar-refractivity contribution < 1.29 is 27.4 Å². The zero-order chi connectivity index (χ0) is 22.8. The van der Waals surface area contributed by atoms with Crippen molar-refractivity contribution in [2.75, 3.05) is 13.2 Å². The first-order valence-electron chi connectivity index (χ1n) is 10.3. The molecule has 2 aliphatic rings. The lowest BCUT2D eigenvalue weighted by atomic mass is 9.67. The van der Waals surface area contributed by atoms with E-state index in [1.807, 2.05) is 0 Å². The van der Waals surface area contributed by atoms with Gasteiger partial charge in [-0.3, -0.25) is 14.5 Å². The molecule has 0 saturated heterocycles. The number of alkyl halides is 3. The molecule has 0 unspecified atom stereocenters. The van der Waals surface area contributed by atoms with Gasteiger partial charge in [-0.05, 0) is 31.4 Å². The van der Waals surface area contributed by atoms with Gasteiger partial charge in [0.1, 0.15) is 17.3 Å². The van der Waals surface area contributed by atoms with Crippen molar-refractivity contribution in [3.63, 3.8) is 0 Å². The first-order chi connectivity index (χ1) is 15.2. The highest BCUT2D eigenvalue weighted by atomic mass is 35.5. The quantitative estimate of drug-likeness (QED) is 0.565. The molecule has 2 fully saturated rings. The minimum atomic E-state index is -4.64. The Bertz CT molecular complexity index is 931. The Balaban J connectivity index is 1.20. The molecule has 0 bridgehead atoms. The molecule has 4 rings (SSSR count). The van der Waals surface area contributed by atoms with E-state index in [1.54, 1.807) is 18.3 Å². The molecule has 0 atom stereocenters. The van der Waals surface area contributed by atoms with E-state index in [0.717, 1.165) is 41.4 Å². The average Bonchev–Trinajstić information content (AvgIpc) is 3.15. The molecule has 0 spiro atoms. The lowest BCUT2D eigenvalue weighted by Crippen LogP contribution is -2.43. The van der Waals surface area contributed by atoms with Crippen molar-refractivity contribution in [3.8, 4) is 10.7 Å². The molecule has 0 aromatic carbocycles. The van der Waals surface area contributed by atoms with Crippen molar-refractivity contribution in [3.05, 3.63) is 28.4 Å². The zero-order valence-corrected chi connectivity index (χ0v) is 18.6. The van der Waals surface area contributed by atoms with Gasteiger partial charge in [-0.25, -0.2) is 0 Å². The van der Waals surface area contributed by atoms with Gasteiger partial charge >= 0.3 is 6.36 Å². The maximum atomic E-state index is 12.1. The molecule has 2 aromatic rings. The lowest BCUT2D eigenvalue weighted by Gasteiger charge is -2.40. The number of aromatic nitrogens is 3. The molecule has 174 valence electrons. The molecule has 0 radical (unpaired) electrons. The topological polar surface area (TPSA) is 86.2 Å². The highest BCUT2D eigenvalue weighted by molar-refractivity contribution is 7.14. The van der Waals surface area contributed by atoms with Crippen molar-refractivity contribution in [2.45, 2.75) is 62.5 Å². The normalized spacial score (nSPS) is 22.1. The van der Waals surface area contributed by atoms with Gasteiger partial charge in [0.25, 0.3) is 0 Å². The number of nitrogens with zero attached hydrogens (tertiary/aromatic N) is 3. The second-order valence-electron chi connectivity index (χ2n) is 8.10. The summed E-state index contributed by atoms with van der Waals surface area (Å²) in [7, 11) is 0. The molecule has 32 heavy (non-hydrogen) atoms. The Hall–Kier alpha value is -1.82. The van der Waals surface area contributed by atoms with Crippen LogP contribution in [0.4, 0.5) is 13.2 Å². The summed E-state index contributed by atoms with van der Waals surface area (Å²) in [5.41, 5.74) is 0.615. The summed E-state index contributed by atoms with van der Waals surface area (Å²) in [6.45, 7) is 0.280. The smallest absolute Gasteiger partial charge is 0.368 e. The Morgan fingerprint density at radius 2 is 2.03 bits per heavy atom. The highest BCUT2D eigenvalue weighted by Gasteiger charge is 2.42. The Labute approximate surface area is 191 Å². The van der Waals surface area contributed by atoms with Gasteiger partial charge in [-0.2, -0.15) is 0 Å². The molecule has 2 aromatic heterocycles. The fourth-order valence-corrected chi connectivity index (χ4v) is 5.05. The van der Waals surface area contributed by atoms with Crippen LogP contribution in [0.2, 0.25) is 5.02 Å². The van der Waals surface area contributed by atoms with Crippen LogP contribution in [0, 0.1) is 0 Å². The summed E-state index contributed by atoms with van der Waals surface area (Å²) in [5.74, 6) is -0.289. The minimum absolute atomic E-state index is 0.105. The largest absolute Gasteiger partial charge is 0.522 e. The Morgan fingerprint density at radius 3 is 2.66 bits per heavy atom. The highest BCUT2D eigenvalue weighted by Crippen LogP contribution is 2.48. The number of rotatable bonds is 9. The summed E-state index contributed by atoms with van der Waals surface area (Å²) < 4.78 is 45.6. The summed E-state index contributed by atoms with van der Waals surface area (Å²) in [6, 6.07) is 3.56. The maximum absolute atomic E-state index is 12.1. The zero-order valence-electron chi connectivity index (χ0n) is 17.0. The van der Waals surface area contributed by atoms with E-state index >= 15 is 0 Å². The number of pyridine rings is 1. The van der Waals surface area contributed by atoms with Crippen LogP contribution in [0.15, 0.2) is 18.3 Å². The van der Waals surface area contributed by atoms with E-state index in [4.69, 9.17) is 16.3 Å². The fraction of sp³-hybridized carbons (Fsp3) is 0.600. The number of carbonyl (C=O) groups excluding carboxylic acids is 1. The predicted molar refractivity (Wildman–Crippen MR) is 111 cm³/mol. The van der Waals surface area contributed by atoms with Crippen molar-refractivity contribution in [1.29, 1.82) is 0 Å². The number of hydrogen-bond acceptors (Lipinski definition) is 7. The third-order valence-corrected chi connectivity index (χ3v) is 7.28. The molecule has 2 heterocycles. The predicted octanol–water partition coefficient (Wildman–Crippen LogP) is 4.27. The first kappa shape index (κ1) is 23.3. The van der Waals surface area contributed by atoms with Crippen LogP contribution in [-0.4, -0.2) is 52.8 Å². The van der Waals surface area contributed by atoms with Crippen LogP contribution in [0.5, 0.6) is 0 Å². The monoisotopic (exact) mass is 490 g/mol. The standard InChI is InChI=1S/C20H22ClF3N4O3S/c21-12-2-3-15(26-10-12)17-27-28-18(32-17)19(4-1-5-19)6-7-25-16(29)11-30-13-8-14(9-13)31-20(22,23)24/h2-3,10,13-14H,1,4-9,11H2,(H,25,29). The molecule has 1 N–H and O–H groups in total. The van der Waals surface area contributed by atoms with Crippen molar-refractivity contribution in [2.24, 2.45) is 0 Å².